The van der Waals surface area contributed by atoms with Crippen molar-refractivity contribution in [1.29, 1.82) is 0 Å². The van der Waals surface area contributed by atoms with Gasteiger partial charge < -0.3 is 10.2 Å². The van der Waals surface area contributed by atoms with Crippen molar-refractivity contribution in [3.8, 4) is 0 Å². The van der Waals surface area contributed by atoms with E-state index in [9.17, 15) is 9.59 Å². The SMILES string of the molecule is CC.CC(=O)c1cc(Nc2nn(C)c3c2CN(C=O)CC3)cc(C2CC2)c1.CCC. The Kier molecular flexibility index (Phi) is 8.63. The molecule has 2 heterocycles. The van der Waals surface area contributed by atoms with E-state index >= 15 is 0 Å². The average molecular weight is 413 g/mol. The first kappa shape index (κ1) is 23.6. The summed E-state index contributed by atoms with van der Waals surface area (Å²) in [6.45, 7) is 11.1. The molecule has 1 fully saturated rings. The van der Waals surface area contributed by atoms with Crippen LogP contribution in [0.2, 0.25) is 0 Å². The van der Waals surface area contributed by atoms with Gasteiger partial charge in [0.25, 0.3) is 0 Å². The van der Waals surface area contributed by atoms with Gasteiger partial charge in [0.05, 0.1) is 6.54 Å². The maximum absolute atomic E-state index is 11.9. The smallest absolute Gasteiger partial charge is 0.210 e. The van der Waals surface area contributed by atoms with Gasteiger partial charge in [-0.25, -0.2) is 0 Å². The van der Waals surface area contributed by atoms with Gasteiger partial charge in [-0.15, -0.1) is 0 Å². The molecule has 0 bridgehead atoms. The fourth-order valence-corrected chi connectivity index (χ4v) is 3.52. The molecule has 0 saturated heterocycles. The van der Waals surface area contributed by atoms with Gasteiger partial charge in [0.1, 0.15) is 0 Å². The Hall–Kier alpha value is -2.63. The quantitative estimate of drug-likeness (QED) is 0.541. The van der Waals surface area contributed by atoms with E-state index in [1.807, 2.05) is 37.7 Å². The minimum absolute atomic E-state index is 0.0701. The third-order valence-electron chi connectivity index (χ3n) is 5.09. The van der Waals surface area contributed by atoms with Gasteiger partial charge in [0.2, 0.25) is 6.41 Å². The highest BCUT2D eigenvalue weighted by atomic mass is 16.1. The summed E-state index contributed by atoms with van der Waals surface area (Å²) < 4.78 is 1.89. The van der Waals surface area contributed by atoms with Gasteiger partial charge >= 0.3 is 0 Å². The summed E-state index contributed by atoms with van der Waals surface area (Å²) >= 11 is 0. The molecule has 1 amide bonds. The molecule has 1 N–H and O–H groups in total. The van der Waals surface area contributed by atoms with Crippen LogP contribution < -0.4 is 5.32 Å². The van der Waals surface area contributed by atoms with Gasteiger partial charge in [-0.1, -0.05) is 34.1 Å². The molecule has 1 aromatic carbocycles. The van der Waals surface area contributed by atoms with Crippen LogP contribution in [0.25, 0.3) is 0 Å². The zero-order valence-electron chi connectivity index (χ0n) is 19.3. The maximum Gasteiger partial charge on any atom is 0.210 e. The molecule has 0 unspecified atom stereocenters. The summed E-state index contributed by atoms with van der Waals surface area (Å²) in [6.07, 6.45) is 5.32. The first-order valence-electron chi connectivity index (χ1n) is 11.1. The molecule has 1 saturated carbocycles. The number of aryl methyl sites for hydroxylation is 1. The lowest BCUT2D eigenvalue weighted by Crippen LogP contribution is -2.29. The van der Waals surface area contributed by atoms with E-state index in [1.165, 1.54) is 24.8 Å². The van der Waals surface area contributed by atoms with Crippen LogP contribution in [0.5, 0.6) is 0 Å². The number of hydrogen-bond acceptors (Lipinski definition) is 4. The summed E-state index contributed by atoms with van der Waals surface area (Å²) in [4.78, 5) is 24.8. The molecule has 1 aromatic heterocycles. The normalized spacial score (nSPS) is 14.5. The van der Waals surface area contributed by atoms with Crippen molar-refractivity contribution in [2.75, 3.05) is 11.9 Å². The van der Waals surface area contributed by atoms with Crippen molar-refractivity contribution in [1.82, 2.24) is 14.7 Å². The number of nitrogens with zero attached hydrogens (tertiary/aromatic N) is 3. The number of amides is 1. The fourth-order valence-electron chi connectivity index (χ4n) is 3.52. The van der Waals surface area contributed by atoms with Crippen LogP contribution in [-0.2, 0) is 24.8 Å². The minimum Gasteiger partial charge on any atom is -0.340 e. The molecule has 2 aromatic rings. The number of rotatable bonds is 5. The fraction of sp³-hybridized carbons (Fsp3) is 0.542. The Balaban J connectivity index is 0.000000590. The van der Waals surface area contributed by atoms with E-state index in [0.29, 0.717) is 12.5 Å². The molecular formula is C24H36N4O2. The average Bonchev–Trinajstić information content (AvgIpc) is 3.55. The van der Waals surface area contributed by atoms with Crippen molar-refractivity contribution in [3.05, 3.63) is 40.6 Å². The van der Waals surface area contributed by atoms with Gasteiger partial charge in [-0.05, 0) is 49.4 Å². The number of anilines is 2. The van der Waals surface area contributed by atoms with Crippen LogP contribution in [-0.4, -0.2) is 33.4 Å². The van der Waals surface area contributed by atoms with E-state index in [0.717, 1.165) is 47.7 Å². The predicted octanol–water partition coefficient (Wildman–Crippen LogP) is 5.20. The zero-order chi connectivity index (χ0) is 22.3. The second-order valence-corrected chi connectivity index (χ2v) is 7.73. The number of fused-ring (bicyclic) bond motifs is 1. The summed E-state index contributed by atoms with van der Waals surface area (Å²) in [5.74, 6) is 1.41. The molecule has 4 rings (SSSR count). The zero-order valence-corrected chi connectivity index (χ0v) is 19.3. The number of Topliss-reactive ketones (excluding diaryl/α,β-unsaturated/α-hetero) is 1. The summed E-state index contributed by atoms with van der Waals surface area (Å²) in [5.41, 5.74) is 5.05. The second kappa shape index (κ2) is 11.0. The third kappa shape index (κ3) is 5.71. The molecule has 6 nitrogen and oxygen atoms in total. The van der Waals surface area contributed by atoms with E-state index in [4.69, 9.17) is 0 Å². The van der Waals surface area contributed by atoms with Gasteiger partial charge in [0, 0.05) is 42.5 Å². The molecule has 0 radical (unpaired) electrons. The van der Waals surface area contributed by atoms with Crippen LogP contribution in [0.15, 0.2) is 18.2 Å². The summed E-state index contributed by atoms with van der Waals surface area (Å²) in [5, 5.41) is 7.99. The predicted molar refractivity (Wildman–Crippen MR) is 122 cm³/mol. The topological polar surface area (TPSA) is 67.2 Å². The first-order valence-corrected chi connectivity index (χ1v) is 11.1. The van der Waals surface area contributed by atoms with E-state index in [1.54, 1.807) is 11.8 Å². The summed E-state index contributed by atoms with van der Waals surface area (Å²) in [7, 11) is 1.93. The van der Waals surface area contributed by atoms with Gasteiger partial charge in [-0.2, -0.15) is 5.10 Å². The monoisotopic (exact) mass is 412 g/mol. The van der Waals surface area contributed by atoms with Crippen molar-refractivity contribution in [3.63, 3.8) is 0 Å². The Morgan fingerprint density at radius 3 is 2.47 bits per heavy atom. The number of hydrogen-bond donors (Lipinski definition) is 1. The molecule has 1 aliphatic heterocycles. The molecule has 30 heavy (non-hydrogen) atoms. The second-order valence-electron chi connectivity index (χ2n) is 7.73. The Labute approximate surface area is 180 Å². The van der Waals surface area contributed by atoms with Crippen LogP contribution >= 0.6 is 0 Å². The Bertz CT molecular complexity index is 868. The van der Waals surface area contributed by atoms with Gasteiger partial charge in [0.15, 0.2) is 11.6 Å². The molecule has 1 aliphatic carbocycles. The Morgan fingerprint density at radius 1 is 1.23 bits per heavy atom. The van der Waals surface area contributed by atoms with Crippen LogP contribution in [0, 0.1) is 0 Å². The third-order valence-corrected chi connectivity index (χ3v) is 5.09. The highest BCUT2D eigenvalue weighted by Gasteiger charge is 2.26. The van der Waals surface area contributed by atoms with Crippen LogP contribution in [0.3, 0.4) is 0 Å². The van der Waals surface area contributed by atoms with E-state index < -0.39 is 0 Å². The van der Waals surface area contributed by atoms with Crippen molar-refractivity contribution in [2.24, 2.45) is 7.05 Å². The lowest BCUT2D eigenvalue weighted by Gasteiger charge is -2.23. The number of carbonyl (C=O) groups is 2. The highest BCUT2D eigenvalue weighted by molar-refractivity contribution is 5.95. The lowest BCUT2D eigenvalue weighted by atomic mass is 10.0. The lowest BCUT2D eigenvalue weighted by molar-refractivity contribution is -0.118. The van der Waals surface area contributed by atoms with E-state index in [-0.39, 0.29) is 5.78 Å². The van der Waals surface area contributed by atoms with Crippen LogP contribution in [0.1, 0.15) is 87.0 Å². The molecule has 0 spiro atoms. The molecule has 6 heteroatoms. The molecule has 164 valence electrons. The number of carbonyl (C=O) groups excluding carboxylic acids is 2. The van der Waals surface area contributed by atoms with Crippen LogP contribution in [0.4, 0.5) is 11.5 Å². The van der Waals surface area contributed by atoms with Crippen molar-refractivity contribution in [2.45, 2.75) is 72.8 Å². The molecule has 2 aliphatic rings. The first-order chi connectivity index (χ1) is 14.5. The number of nitrogens with one attached hydrogen (secondary N) is 1. The standard InChI is InChI=1S/C19H22N4O2.C3H8.C2H6/c1-12(25)14-7-15(13-3-4-13)9-16(8-14)20-19-17-10-23(11-24)6-5-18(17)22(2)21-19;1-3-2;1-2/h7-9,11,13H,3-6,10H2,1-2H3,(H,20,21);3H2,1-2H3;1-2H3. The molecular weight excluding hydrogens is 376 g/mol. The highest BCUT2D eigenvalue weighted by Crippen LogP contribution is 2.41. The molecule has 0 atom stereocenters. The number of ketones is 1. The summed E-state index contributed by atoms with van der Waals surface area (Å²) in [6, 6.07) is 6.01. The van der Waals surface area contributed by atoms with Crippen molar-refractivity contribution < 1.29 is 9.59 Å². The number of aromatic nitrogens is 2. The minimum atomic E-state index is 0.0701. The maximum atomic E-state index is 11.9. The van der Waals surface area contributed by atoms with Crippen molar-refractivity contribution >= 4 is 23.7 Å². The van der Waals surface area contributed by atoms with Gasteiger partial charge in [-0.3, -0.25) is 14.3 Å². The Morgan fingerprint density at radius 2 is 1.90 bits per heavy atom. The number of benzene rings is 1. The largest absolute Gasteiger partial charge is 0.340 e. The van der Waals surface area contributed by atoms with E-state index in [2.05, 4.69) is 30.3 Å².